The Morgan fingerprint density at radius 2 is 1.84 bits per heavy atom. The van der Waals surface area contributed by atoms with Gasteiger partial charge in [-0.1, -0.05) is 36.4 Å². The molecule has 1 aliphatic carbocycles. The van der Waals surface area contributed by atoms with E-state index < -0.39 is 0 Å². The molecule has 1 N–H and O–H groups in total. The second-order valence-electron chi connectivity index (χ2n) is 7.44. The molecule has 0 spiro atoms. The summed E-state index contributed by atoms with van der Waals surface area (Å²) < 4.78 is 6.06. The maximum absolute atomic E-state index is 13.1. The van der Waals surface area contributed by atoms with Crippen molar-refractivity contribution >= 4 is 38.9 Å². The Kier molecular flexibility index (Phi) is 5.11. The van der Waals surface area contributed by atoms with E-state index in [0.29, 0.717) is 27.4 Å². The number of benzene rings is 2. The highest BCUT2D eigenvalue weighted by Crippen LogP contribution is 2.39. The number of carbonyl (C=O) groups is 1. The number of anilines is 1. The molecule has 0 bridgehead atoms. The SMILES string of the molecule is N#Cc1c(/N=c2\oc3ccccc3cc2C(=O)Nc2ccccc2)sc2c1CCCC2. The van der Waals surface area contributed by atoms with E-state index in [1.807, 2.05) is 54.6 Å². The van der Waals surface area contributed by atoms with Crippen molar-refractivity contribution in [2.75, 3.05) is 5.32 Å². The van der Waals surface area contributed by atoms with Crippen molar-refractivity contribution in [2.45, 2.75) is 25.7 Å². The molecule has 2 aromatic heterocycles. The van der Waals surface area contributed by atoms with Crippen LogP contribution in [0.2, 0.25) is 0 Å². The largest absolute Gasteiger partial charge is 0.437 e. The number of carbonyl (C=O) groups excluding carboxylic acids is 1. The number of hydrogen-bond donors (Lipinski definition) is 1. The van der Waals surface area contributed by atoms with Crippen LogP contribution in [0.1, 0.15) is 39.2 Å². The van der Waals surface area contributed by atoms with Gasteiger partial charge in [-0.2, -0.15) is 5.26 Å². The summed E-state index contributed by atoms with van der Waals surface area (Å²) in [6.07, 6.45) is 4.09. The van der Waals surface area contributed by atoms with Crippen LogP contribution in [-0.4, -0.2) is 5.91 Å². The van der Waals surface area contributed by atoms with Gasteiger partial charge >= 0.3 is 0 Å². The van der Waals surface area contributed by atoms with Crippen molar-refractivity contribution < 1.29 is 9.21 Å². The predicted molar refractivity (Wildman–Crippen MR) is 122 cm³/mol. The van der Waals surface area contributed by atoms with Crippen LogP contribution < -0.4 is 10.9 Å². The molecule has 1 amide bonds. The van der Waals surface area contributed by atoms with Gasteiger partial charge in [-0.15, -0.1) is 11.3 Å². The van der Waals surface area contributed by atoms with Crippen LogP contribution in [0, 0.1) is 11.3 Å². The predicted octanol–water partition coefficient (Wildman–Crippen LogP) is 5.73. The Bertz CT molecular complexity index is 1390. The van der Waals surface area contributed by atoms with Crippen molar-refractivity contribution in [3.8, 4) is 6.07 Å². The van der Waals surface area contributed by atoms with E-state index >= 15 is 0 Å². The fourth-order valence-electron chi connectivity index (χ4n) is 3.87. The molecule has 0 fully saturated rings. The topological polar surface area (TPSA) is 78.4 Å². The van der Waals surface area contributed by atoms with Crippen LogP contribution in [0.4, 0.5) is 10.7 Å². The van der Waals surface area contributed by atoms with E-state index in [1.165, 1.54) is 16.2 Å². The molecule has 0 aliphatic heterocycles. The van der Waals surface area contributed by atoms with Gasteiger partial charge in [0.25, 0.3) is 5.91 Å². The first-order valence-electron chi connectivity index (χ1n) is 10.2. The summed E-state index contributed by atoms with van der Waals surface area (Å²) >= 11 is 1.53. The molecule has 2 aromatic carbocycles. The number of hydrogen-bond acceptors (Lipinski definition) is 5. The van der Waals surface area contributed by atoms with Gasteiger partial charge in [0.1, 0.15) is 22.2 Å². The Morgan fingerprint density at radius 1 is 1.06 bits per heavy atom. The summed E-state index contributed by atoms with van der Waals surface area (Å²) in [7, 11) is 0. The van der Waals surface area contributed by atoms with Crippen LogP contribution in [0.15, 0.2) is 70.1 Å². The van der Waals surface area contributed by atoms with E-state index in [4.69, 9.17) is 9.41 Å². The highest BCUT2D eigenvalue weighted by Gasteiger charge is 2.21. The Labute approximate surface area is 183 Å². The van der Waals surface area contributed by atoms with Crippen LogP contribution >= 0.6 is 11.3 Å². The zero-order chi connectivity index (χ0) is 21.2. The minimum atomic E-state index is -0.306. The van der Waals surface area contributed by atoms with E-state index in [9.17, 15) is 10.1 Å². The Hall–Kier alpha value is -3.69. The highest BCUT2D eigenvalue weighted by atomic mass is 32.1. The minimum Gasteiger partial charge on any atom is -0.437 e. The molecular formula is C25H19N3O2S. The molecule has 4 aromatic rings. The lowest BCUT2D eigenvalue weighted by Crippen LogP contribution is -2.21. The number of nitrogens with one attached hydrogen (secondary N) is 1. The number of fused-ring (bicyclic) bond motifs is 2. The van der Waals surface area contributed by atoms with Crippen molar-refractivity contribution in [3.05, 3.63) is 87.8 Å². The Balaban J connectivity index is 1.67. The zero-order valence-corrected chi connectivity index (χ0v) is 17.5. The standard InChI is InChI=1S/C25H19N3O2S/c26-15-20-18-11-5-7-13-22(18)31-25(20)28-24-19(14-16-8-4-6-12-21(16)30-24)23(29)27-17-9-2-1-3-10-17/h1-4,6,8-10,12,14H,5,7,11,13H2,(H,27,29)/b28-24-. The van der Waals surface area contributed by atoms with Crippen molar-refractivity contribution in [1.82, 2.24) is 0 Å². The number of amides is 1. The summed E-state index contributed by atoms with van der Waals surface area (Å²) in [5.41, 5.74) is 3.58. The first-order valence-corrected chi connectivity index (χ1v) is 11.0. The molecule has 1 aliphatic rings. The summed E-state index contributed by atoms with van der Waals surface area (Å²) in [6.45, 7) is 0. The van der Waals surface area contributed by atoms with Gasteiger partial charge in [0.2, 0.25) is 5.55 Å². The molecule has 2 heterocycles. The van der Waals surface area contributed by atoms with Gasteiger partial charge in [-0.3, -0.25) is 4.79 Å². The number of rotatable bonds is 3. The lowest BCUT2D eigenvalue weighted by Gasteiger charge is -2.09. The quantitative estimate of drug-likeness (QED) is 0.455. The lowest BCUT2D eigenvalue weighted by atomic mass is 9.96. The number of nitriles is 1. The molecule has 31 heavy (non-hydrogen) atoms. The molecule has 0 atom stereocenters. The van der Waals surface area contributed by atoms with E-state index in [0.717, 1.165) is 36.6 Å². The molecule has 0 saturated heterocycles. The maximum atomic E-state index is 13.1. The molecule has 0 saturated carbocycles. The second-order valence-corrected chi connectivity index (χ2v) is 8.52. The number of para-hydroxylation sites is 2. The molecule has 5 rings (SSSR count). The molecule has 0 radical (unpaired) electrons. The third-order valence-electron chi connectivity index (χ3n) is 5.40. The maximum Gasteiger partial charge on any atom is 0.261 e. The van der Waals surface area contributed by atoms with Gasteiger partial charge < -0.3 is 9.73 Å². The number of nitrogens with zero attached hydrogens (tertiary/aromatic N) is 2. The third-order valence-corrected chi connectivity index (χ3v) is 6.59. The summed E-state index contributed by atoms with van der Waals surface area (Å²) in [6, 6.07) is 20.9. The molecular weight excluding hydrogens is 406 g/mol. The fraction of sp³-hybridized carbons (Fsp3) is 0.160. The second kappa shape index (κ2) is 8.21. The fourth-order valence-corrected chi connectivity index (χ4v) is 5.08. The van der Waals surface area contributed by atoms with Crippen LogP contribution in [0.25, 0.3) is 11.0 Å². The average molecular weight is 426 g/mol. The zero-order valence-electron chi connectivity index (χ0n) is 16.7. The van der Waals surface area contributed by atoms with Crippen molar-refractivity contribution in [2.24, 2.45) is 4.99 Å². The van der Waals surface area contributed by atoms with E-state index in [-0.39, 0.29) is 11.5 Å². The van der Waals surface area contributed by atoms with Crippen molar-refractivity contribution in [1.29, 1.82) is 5.26 Å². The van der Waals surface area contributed by atoms with Crippen LogP contribution in [0.5, 0.6) is 0 Å². The molecule has 0 unspecified atom stereocenters. The van der Waals surface area contributed by atoms with Gasteiger partial charge in [-0.05, 0) is 55.5 Å². The molecule has 5 nitrogen and oxygen atoms in total. The molecule has 6 heteroatoms. The summed E-state index contributed by atoms with van der Waals surface area (Å²) in [4.78, 5) is 19.0. The van der Waals surface area contributed by atoms with E-state index in [1.54, 1.807) is 6.07 Å². The minimum absolute atomic E-state index is 0.210. The van der Waals surface area contributed by atoms with Gasteiger partial charge in [0.05, 0.1) is 5.56 Å². The van der Waals surface area contributed by atoms with Crippen LogP contribution in [0.3, 0.4) is 0 Å². The first-order chi connectivity index (χ1) is 15.2. The van der Waals surface area contributed by atoms with Gasteiger partial charge in [-0.25, -0.2) is 4.99 Å². The third kappa shape index (κ3) is 3.76. The number of aryl methyl sites for hydroxylation is 1. The van der Waals surface area contributed by atoms with Crippen molar-refractivity contribution in [3.63, 3.8) is 0 Å². The van der Waals surface area contributed by atoms with E-state index in [2.05, 4.69) is 11.4 Å². The van der Waals surface area contributed by atoms with Gasteiger partial charge in [0, 0.05) is 16.0 Å². The summed E-state index contributed by atoms with van der Waals surface area (Å²) in [5, 5.41) is 14.1. The average Bonchev–Trinajstić information content (AvgIpc) is 3.16. The monoisotopic (exact) mass is 425 g/mol. The lowest BCUT2D eigenvalue weighted by molar-refractivity contribution is 0.102. The highest BCUT2D eigenvalue weighted by molar-refractivity contribution is 7.16. The van der Waals surface area contributed by atoms with Crippen LogP contribution in [-0.2, 0) is 12.8 Å². The normalized spacial score (nSPS) is 13.6. The smallest absolute Gasteiger partial charge is 0.261 e. The summed E-state index contributed by atoms with van der Waals surface area (Å²) in [5.74, 6) is -0.306. The first kappa shape index (κ1) is 19.3. The van der Waals surface area contributed by atoms with Gasteiger partial charge in [0.15, 0.2) is 0 Å². The molecule has 152 valence electrons. The Morgan fingerprint density at radius 3 is 2.68 bits per heavy atom. The number of thiophene rings is 1.